The number of hydrogen-bond acceptors (Lipinski definition) is 2. The molecule has 0 aliphatic heterocycles. The predicted octanol–water partition coefficient (Wildman–Crippen LogP) is 3.69. The van der Waals surface area contributed by atoms with Crippen LogP contribution in [0.5, 0.6) is 0 Å². The Hall–Kier alpha value is -0.120. The Bertz CT molecular complexity index is 268. The first-order valence-electron chi connectivity index (χ1n) is 4.16. The lowest BCUT2D eigenvalue weighted by atomic mass is 10.2. The summed E-state index contributed by atoms with van der Waals surface area (Å²) in [6.45, 7) is 0.706. The van der Waals surface area contributed by atoms with Crippen molar-refractivity contribution in [2.24, 2.45) is 0 Å². The smallest absolute Gasteiger partial charge is 0.0727 e. The molecule has 0 aromatic carbocycles. The zero-order chi connectivity index (χ0) is 9.52. The van der Waals surface area contributed by atoms with E-state index in [1.807, 2.05) is 0 Å². The van der Waals surface area contributed by atoms with Gasteiger partial charge in [-0.3, -0.25) is 0 Å². The minimum atomic E-state index is 0.706. The van der Waals surface area contributed by atoms with Gasteiger partial charge in [0.15, 0.2) is 0 Å². The second-order valence-electron chi connectivity index (χ2n) is 2.62. The first-order valence-corrected chi connectivity index (χ1v) is 6.16. The number of allylic oxidation sites excluding steroid dienone is 1. The Labute approximate surface area is 91.6 Å². The van der Waals surface area contributed by atoms with Gasteiger partial charge in [-0.25, -0.2) is 0 Å². The molecule has 1 aromatic heterocycles. The Kier molecular flexibility index (Phi) is 5.35. The standard InChI is InChI=1S/C10H13BrOS/c1-12-8-9-5-7-13-10(9)4-2-3-6-11/h2,4-5,7H,3,6,8H2,1H3/b4-2+. The summed E-state index contributed by atoms with van der Waals surface area (Å²) in [6.07, 6.45) is 5.42. The molecule has 13 heavy (non-hydrogen) atoms. The highest BCUT2D eigenvalue weighted by molar-refractivity contribution is 9.09. The zero-order valence-corrected chi connectivity index (χ0v) is 10.0. The molecule has 0 N–H and O–H groups in total. The monoisotopic (exact) mass is 260 g/mol. The predicted molar refractivity (Wildman–Crippen MR) is 62.5 cm³/mol. The van der Waals surface area contributed by atoms with E-state index >= 15 is 0 Å². The maximum Gasteiger partial charge on any atom is 0.0727 e. The maximum atomic E-state index is 5.10. The molecule has 0 fully saturated rings. The SMILES string of the molecule is COCc1ccsc1/C=C/CCBr. The number of ether oxygens (including phenoxy) is 1. The molecule has 0 bridgehead atoms. The van der Waals surface area contributed by atoms with E-state index in [0.717, 1.165) is 11.8 Å². The van der Waals surface area contributed by atoms with Crippen LogP contribution in [0.2, 0.25) is 0 Å². The van der Waals surface area contributed by atoms with Crippen LogP contribution in [0.25, 0.3) is 6.08 Å². The van der Waals surface area contributed by atoms with E-state index in [9.17, 15) is 0 Å². The van der Waals surface area contributed by atoms with Crippen LogP contribution in [0, 0.1) is 0 Å². The molecular weight excluding hydrogens is 248 g/mol. The van der Waals surface area contributed by atoms with Crippen molar-refractivity contribution in [2.45, 2.75) is 13.0 Å². The van der Waals surface area contributed by atoms with E-state index in [4.69, 9.17) is 4.74 Å². The van der Waals surface area contributed by atoms with Crippen LogP contribution in [-0.4, -0.2) is 12.4 Å². The van der Waals surface area contributed by atoms with Crippen molar-refractivity contribution in [2.75, 3.05) is 12.4 Å². The minimum Gasteiger partial charge on any atom is -0.380 e. The summed E-state index contributed by atoms with van der Waals surface area (Å²) >= 11 is 5.15. The Morgan fingerprint density at radius 1 is 1.62 bits per heavy atom. The van der Waals surface area contributed by atoms with E-state index in [0.29, 0.717) is 6.61 Å². The highest BCUT2D eigenvalue weighted by atomic mass is 79.9. The van der Waals surface area contributed by atoms with Gasteiger partial charge in [0.05, 0.1) is 6.61 Å². The second-order valence-corrected chi connectivity index (χ2v) is 4.36. The zero-order valence-electron chi connectivity index (χ0n) is 7.63. The number of hydrogen-bond donors (Lipinski definition) is 0. The molecule has 0 amide bonds. The fraction of sp³-hybridized carbons (Fsp3) is 0.400. The molecule has 0 aliphatic rings. The third kappa shape index (κ3) is 3.63. The van der Waals surface area contributed by atoms with Gasteiger partial charge in [-0.1, -0.05) is 22.0 Å². The first-order chi connectivity index (χ1) is 6.38. The van der Waals surface area contributed by atoms with Gasteiger partial charge in [0.1, 0.15) is 0 Å². The number of halogens is 1. The number of rotatable bonds is 5. The van der Waals surface area contributed by atoms with Crippen LogP contribution in [-0.2, 0) is 11.3 Å². The molecule has 1 aromatic rings. The molecule has 3 heteroatoms. The van der Waals surface area contributed by atoms with E-state index in [-0.39, 0.29) is 0 Å². The van der Waals surface area contributed by atoms with Gasteiger partial charge in [-0.15, -0.1) is 11.3 Å². The van der Waals surface area contributed by atoms with Crippen LogP contribution < -0.4 is 0 Å². The molecule has 0 saturated heterocycles. The largest absolute Gasteiger partial charge is 0.380 e. The van der Waals surface area contributed by atoms with Crippen molar-refractivity contribution in [3.05, 3.63) is 28.0 Å². The molecular formula is C10H13BrOS. The van der Waals surface area contributed by atoms with Gasteiger partial charge < -0.3 is 4.74 Å². The highest BCUT2D eigenvalue weighted by Gasteiger charge is 1.99. The molecule has 1 rings (SSSR count). The molecule has 1 nitrogen and oxygen atoms in total. The van der Waals surface area contributed by atoms with Gasteiger partial charge in [-0.2, -0.15) is 0 Å². The van der Waals surface area contributed by atoms with Crippen molar-refractivity contribution < 1.29 is 4.74 Å². The van der Waals surface area contributed by atoms with Crippen LogP contribution in [0.3, 0.4) is 0 Å². The van der Waals surface area contributed by atoms with Crippen molar-refractivity contribution in [3.63, 3.8) is 0 Å². The lowest BCUT2D eigenvalue weighted by molar-refractivity contribution is 0.185. The van der Waals surface area contributed by atoms with Crippen molar-refractivity contribution in [3.8, 4) is 0 Å². The summed E-state index contributed by atoms with van der Waals surface area (Å²) < 4.78 is 5.10. The summed E-state index contributed by atoms with van der Waals surface area (Å²) in [6, 6.07) is 2.11. The highest BCUT2D eigenvalue weighted by Crippen LogP contribution is 2.19. The van der Waals surface area contributed by atoms with E-state index in [2.05, 4.69) is 39.5 Å². The Morgan fingerprint density at radius 2 is 2.46 bits per heavy atom. The molecule has 0 radical (unpaired) electrons. The summed E-state index contributed by atoms with van der Waals surface area (Å²) in [5.41, 5.74) is 1.28. The van der Waals surface area contributed by atoms with E-state index in [1.54, 1.807) is 18.4 Å². The maximum absolute atomic E-state index is 5.10. The molecule has 72 valence electrons. The van der Waals surface area contributed by atoms with Crippen LogP contribution in [0.15, 0.2) is 17.5 Å². The lowest BCUT2D eigenvalue weighted by Gasteiger charge is -1.96. The Morgan fingerprint density at radius 3 is 3.15 bits per heavy atom. The number of thiophene rings is 1. The van der Waals surface area contributed by atoms with Crippen molar-refractivity contribution in [1.82, 2.24) is 0 Å². The topological polar surface area (TPSA) is 9.23 Å². The van der Waals surface area contributed by atoms with Crippen LogP contribution in [0.1, 0.15) is 16.9 Å². The summed E-state index contributed by atoms with van der Waals surface area (Å²) in [5.74, 6) is 0. The average molecular weight is 261 g/mol. The molecule has 0 spiro atoms. The second kappa shape index (κ2) is 6.35. The third-order valence-electron chi connectivity index (χ3n) is 1.63. The summed E-state index contributed by atoms with van der Waals surface area (Å²) in [7, 11) is 1.73. The number of alkyl halides is 1. The lowest BCUT2D eigenvalue weighted by Crippen LogP contribution is -1.85. The summed E-state index contributed by atoms with van der Waals surface area (Å²) in [5, 5.41) is 3.12. The average Bonchev–Trinajstić information content (AvgIpc) is 2.54. The molecule has 0 aliphatic carbocycles. The Balaban J connectivity index is 2.59. The van der Waals surface area contributed by atoms with Gasteiger partial charge in [0.2, 0.25) is 0 Å². The van der Waals surface area contributed by atoms with Gasteiger partial charge in [0.25, 0.3) is 0 Å². The third-order valence-corrected chi connectivity index (χ3v) is 3.01. The van der Waals surface area contributed by atoms with E-state index in [1.165, 1.54) is 10.4 Å². The van der Waals surface area contributed by atoms with Gasteiger partial charge in [0, 0.05) is 17.3 Å². The van der Waals surface area contributed by atoms with E-state index < -0.39 is 0 Å². The molecule has 0 unspecified atom stereocenters. The molecule has 0 atom stereocenters. The number of methoxy groups -OCH3 is 1. The normalized spacial score (nSPS) is 11.2. The van der Waals surface area contributed by atoms with Crippen molar-refractivity contribution in [1.29, 1.82) is 0 Å². The minimum absolute atomic E-state index is 0.706. The fourth-order valence-electron chi connectivity index (χ4n) is 1.02. The molecule has 1 heterocycles. The van der Waals surface area contributed by atoms with Crippen LogP contribution in [0.4, 0.5) is 0 Å². The van der Waals surface area contributed by atoms with Gasteiger partial charge >= 0.3 is 0 Å². The molecule has 0 saturated carbocycles. The van der Waals surface area contributed by atoms with Crippen LogP contribution >= 0.6 is 27.3 Å². The summed E-state index contributed by atoms with van der Waals surface area (Å²) in [4.78, 5) is 1.31. The quantitative estimate of drug-likeness (QED) is 0.734. The van der Waals surface area contributed by atoms with Gasteiger partial charge in [-0.05, 0) is 29.5 Å². The fourth-order valence-corrected chi connectivity index (χ4v) is 2.12. The van der Waals surface area contributed by atoms with Crippen molar-refractivity contribution >= 4 is 33.3 Å². The first kappa shape index (κ1) is 11.0.